The van der Waals surface area contributed by atoms with Crippen LogP contribution in [0.25, 0.3) is 0 Å². The standard InChI is InChI=1S/C33H29N2O5PS3/c1-2-43-33(42)44-30-22-29(36)34(30)31(32(37)40-23-24-18-20-25(21-19-24)35(38)39)41(26-12-6-3-7-13-26,27-14-8-4-9-15-27)28-16-10-5-11-17-28/h3-21,30H,2,22-23H2,1H3/t30-/m1/s1. The molecule has 11 heteroatoms. The third kappa shape index (κ3) is 6.54. The van der Waals surface area contributed by atoms with E-state index in [1.165, 1.54) is 35.7 Å². The van der Waals surface area contributed by atoms with Crippen molar-refractivity contribution < 1.29 is 19.2 Å². The normalized spacial score (nSPS) is 14.4. The van der Waals surface area contributed by atoms with Gasteiger partial charge in [-0.2, -0.15) is 0 Å². The van der Waals surface area contributed by atoms with Gasteiger partial charge in [0.15, 0.2) is 0 Å². The molecular weight excluding hydrogens is 632 g/mol. The Morgan fingerprint density at radius 1 is 0.909 bits per heavy atom. The summed E-state index contributed by atoms with van der Waals surface area (Å²) < 4.78 is 6.71. The van der Waals surface area contributed by atoms with Crippen molar-refractivity contribution in [2.24, 2.45) is 0 Å². The second-order valence-electron chi connectivity index (χ2n) is 9.72. The summed E-state index contributed by atoms with van der Waals surface area (Å²) in [5, 5.41) is 13.5. The second-order valence-corrected chi connectivity index (χ2v) is 16.7. The number of amides is 1. The van der Waals surface area contributed by atoms with Crippen molar-refractivity contribution in [3.8, 4) is 0 Å². The molecule has 7 nitrogen and oxygen atoms in total. The van der Waals surface area contributed by atoms with E-state index >= 15 is 0 Å². The van der Waals surface area contributed by atoms with Gasteiger partial charge in [0.05, 0.1) is 16.7 Å². The van der Waals surface area contributed by atoms with Crippen molar-refractivity contribution >= 4 is 85.1 Å². The van der Waals surface area contributed by atoms with Gasteiger partial charge in [0.25, 0.3) is 5.69 Å². The minimum Gasteiger partial charge on any atom is -0.456 e. The zero-order valence-electron chi connectivity index (χ0n) is 23.8. The Hall–Kier alpha value is -3.69. The average Bonchev–Trinajstić information content (AvgIpc) is 3.05. The maximum absolute atomic E-state index is 14.6. The van der Waals surface area contributed by atoms with Crippen LogP contribution in [0, 0.1) is 10.1 Å². The van der Waals surface area contributed by atoms with Gasteiger partial charge in [0.1, 0.15) is 15.6 Å². The molecule has 5 rings (SSSR count). The van der Waals surface area contributed by atoms with Gasteiger partial charge in [-0.05, 0) is 39.4 Å². The highest BCUT2D eigenvalue weighted by molar-refractivity contribution is 8.47. The number of nitro groups is 1. The topological polar surface area (TPSA) is 89.8 Å². The van der Waals surface area contributed by atoms with E-state index < -0.39 is 17.8 Å². The lowest BCUT2D eigenvalue weighted by Crippen LogP contribution is -2.58. The lowest BCUT2D eigenvalue weighted by Gasteiger charge is -2.44. The van der Waals surface area contributed by atoms with Gasteiger partial charge < -0.3 is 4.74 Å². The minimum absolute atomic E-state index is 0.0542. The largest absolute Gasteiger partial charge is 0.456 e. The van der Waals surface area contributed by atoms with E-state index in [0.717, 1.165) is 21.7 Å². The first-order valence-corrected chi connectivity index (χ1v) is 17.9. The lowest BCUT2D eigenvalue weighted by molar-refractivity contribution is -0.384. The number of thiocarbonyl (C=S) groups is 1. The summed E-state index contributed by atoms with van der Waals surface area (Å²) in [4.78, 5) is 40.5. The molecule has 0 saturated carbocycles. The molecular formula is C33H29N2O5PS3. The number of β-lactam (4-membered cyclic amide) rings is 1. The highest BCUT2D eigenvalue weighted by Gasteiger charge is 2.47. The minimum atomic E-state index is -3.02. The van der Waals surface area contributed by atoms with Crippen LogP contribution < -0.4 is 15.9 Å². The van der Waals surface area contributed by atoms with Gasteiger partial charge in [-0.15, -0.1) is 11.8 Å². The quantitative estimate of drug-likeness (QED) is 0.0504. The van der Waals surface area contributed by atoms with Crippen molar-refractivity contribution in [1.82, 2.24) is 4.90 Å². The maximum Gasteiger partial charge on any atom is 0.356 e. The number of rotatable bonds is 10. The number of hydrogen-bond donors (Lipinski definition) is 0. The van der Waals surface area contributed by atoms with E-state index in [1.54, 1.807) is 17.0 Å². The van der Waals surface area contributed by atoms with Crippen LogP contribution in [-0.4, -0.2) is 41.8 Å². The fraction of sp³-hybridized carbons (Fsp3) is 0.152. The molecule has 0 spiro atoms. The third-order valence-electron chi connectivity index (χ3n) is 7.08. The first kappa shape index (κ1) is 31.7. The monoisotopic (exact) mass is 660 g/mol. The number of benzene rings is 4. The molecule has 4 aromatic carbocycles. The predicted octanol–water partition coefficient (Wildman–Crippen LogP) is 6.09. The van der Waals surface area contributed by atoms with Crippen molar-refractivity contribution in [1.29, 1.82) is 0 Å². The summed E-state index contributed by atoms with van der Waals surface area (Å²) in [6.45, 7) is -1.13. The zero-order valence-corrected chi connectivity index (χ0v) is 27.1. The molecule has 0 radical (unpaired) electrons. The molecule has 0 bridgehead atoms. The highest BCUT2D eigenvalue weighted by Crippen LogP contribution is 2.50. The van der Waals surface area contributed by atoms with E-state index in [4.69, 9.17) is 17.0 Å². The van der Waals surface area contributed by atoms with Gasteiger partial charge in [-0.3, -0.25) is 19.8 Å². The zero-order chi connectivity index (χ0) is 31.1. The van der Waals surface area contributed by atoms with Crippen LogP contribution in [-0.2, 0) is 20.9 Å². The number of carbonyl (C=O) groups excluding carboxylic acids is 2. The van der Waals surface area contributed by atoms with E-state index in [9.17, 15) is 19.7 Å². The SMILES string of the molecule is CCSC(=S)S[C@@H]1CC(=O)N1C(C(=O)OCc1ccc([N+](=O)[O-])cc1)=P(c1ccccc1)(c1ccccc1)c1ccccc1. The van der Waals surface area contributed by atoms with E-state index in [1.807, 2.05) is 97.9 Å². The fourth-order valence-electron chi connectivity index (χ4n) is 5.09. The number of non-ortho nitro benzene ring substituents is 1. The summed E-state index contributed by atoms with van der Waals surface area (Å²) in [5.41, 5.74) is 0.815. The lowest BCUT2D eigenvalue weighted by atomic mass is 10.2. The molecule has 4 aromatic rings. The fourth-order valence-corrected chi connectivity index (χ4v) is 12.2. The molecule has 44 heavy (non-hydrogen) atoms. The Bertz CT molecular complexity index is 1620. The van der Waals surface area contributed by atoms with Crippen molar-refractivity contribution in [3.05, 3.63) is 131 Å². The molecule has 0 N–H and O–H groups in total. The Kier molecular flexibility index (Phi) is 10.4. The first-order valence-electron chi connectivity index (χ1n) is 13.9. The number of esters is 1. The molecule has 1 fully saturated rings. The molecule has 1 saturated heterocycles. The number of nitro benzene ring substituents is 1. The number of likely N-dealkylation sites (tertiary alicyclic amines) is 1. The Balaban J connectivity index is 1.76. The van der Waals surface area contributed by atoms with Crippen molar-refractivity contribution in [2.45, 2.75) is 25.3 Å². The van der Waals surface area contributed by atoms with Crippen molar-refractivity contribution in [3.63, 3.8) is 0 Å². The highest BCUT2D eigenvalue weighted by atomic mass is 32.2. The van der Waals surface area contributed by atoms with Crippen LogP contribution in [0.4, 0.5) is 5.69 Å². The molecule has 0 aliphatic carbocycles. The molecule has 1 heterocycles. The van der Waals surface area contributed by atoms with Crippen LogP contribution in [0.3, 0.4) is 0 Å². The summed E-state index contributed by atoms with van der Waals surface area (Å²) in [5.74, 6) is -0.00258. The molecule has 0 aromatic heterocycles. The van der Waals surface area contributed by atoms with Crippen LogP contribution in [0.1, 0.15) is 18.9 Å². The summed E-state index contributed by atoms with van der Waals surface area (Å²) >= 11 is 8.56. The summed E-state index contributed by atoms with van der Waals surface area (Å²) in [7, 11) is 0. The number of nitrogens with zero attached hydrogens (tertiary/aromatic N) is 2. The number of hydrogen-bond acceptors (Lipinski definition) is 8. The Morgan fingerprint density at radius 2 is 1.41 bits per heavy atom. The van der Waals surface area contributed by atoms with Crippen LogP contribution >= 0.6 is 42.6 Å². The van der Waals surface area contributed by atoms with Gasteiger partial charge in [-0.1, -0.05) is 122 Å². The van der Waals surface area contributed by atoms with Crippen LogP contribution in [0.2, 0.25) is 0 Å². The smallest absolute Gasteiger partial charge is 0.356 e. The first-order chi connectivity index (χ1) is 21.4. The average molecular weight is 661 g/mol. The molecule has 0 unspecified atom stereocenters. The maximum atomic E-state index is 14.6. The Labute approximate surface area is 270 Å². The van der Waals surface area contributed by atoms with Gasteiger partial charge in [-0.25, -0.2) is 4.79 Å². The molecule has 1 amide bonds. The summed E-state index contributed by atoms with van der Waals surface area (Å²) in [6, 6.07) is 35.3. The molecule has 1 aliphatic heterocycles. The van der Waals surface area contributed by atoms with Crippen molar-refractivity contribution in [2.75, 3.05) is 5.75 Å². The van der Waals surface area contributed by atoms with Crippen LogP contribution in [0.5, 0.6) is 0 Å². The van der Waals surface area contributed by atoms with E-state index in [-0.39, 0.29) is 35.4 Å². The van der Waals surface area contributed by atoms with E-state index in [0.29, 0.717) is 9.09 Å². The van der Waals surface area contributed by atoms with Gasteiger partial charge in [0.2, 0.25) is 5.91 Å². The van der Waals surface area contributed by atoms with Gasteiger partial charge in [0, 0.05) is 19.0 Å². The number of ether oxygens (including phenoxy) is 1. The number of thioether (sulfide) groups is 2. The van der Waals surface area contributed by atoms with E-state index in [2.05, 4.69) is 0 Å². The number of carbonyl (C=O) groups is 2. The molecule has 1 atom stereocenters. The van der Waals surface area contributed by atoms with Crippen LogP contribution in [0.15, 0.2) is 115 Å². The second kappa shape index (κ2) is 14.4. The molecule has 224 valence electrons. The Morgan fingerprint density at radius 3 is 1.84 bits per heavy atom. The summed E-state index contributed by atoms with van der Waals surface area (Å²) in [6.07, 6.45) is 0.243. The van der Waals surface area contributed by atoms with Gasteiger partial charge >= 0.3 is 5.97 Å². The predicted molar refractivity (Wildman–Crippen MR) is 187 cm³/mol. The molecule has 1 aliphatic rings. The third-order valence-corrected chi connectivity index (χ3v) is 14.0.